The van der Waals surface area contributed by atoms with E-state index in [9.17, 15) is 8.42 Å². The first-order valence-corrected chi connectivity index (χ1v) is 11.5. The lowest BCUT2D eigenvalue weighted by Gasteiger charge is -2.29. The maximum atomic E-state index is 12.5. The van der Waals surface area contributed by atoms with Crippen LogP contribution in [0.3, 0.4) is 0 Å². The molecule has 1 aliphatic rings. The molecule has 1 aliphatic heterocycles. The van der Waals surface area contributed by atoms with Gasteiger partial charge in [0, 0.05) is 29.3 Å². The topological polar surface area (TPSA) is 73.2 Å². The highest BCUT2D eigenvalue weighted by Gasteiger charge is 2.18. The van der Waals surface area contributed by atoms with Crippen LogP contribution in [-0.2, 0) is 28.7 Å². The third-order valence-electron chi connectivity index (χ3n) is 4.73. The van der Waals surface area contributed by atoms with Crippen molar-refractivity contribution in [3.05, 3.63) is 81.5 Å². The van der Waals surface area contributed by atoms with Crippen LogP contribution in [0.5, 0.6) is 0 Å². The molecule has 3 aromatic rings. The van der Waals surface area contributed by atoms with Crippen molar-refractivity contribution < 1.29 is 8.42 Å². The van der Waals surface area contributed by atoms with E-state index < -0.39 is 10.0 Å². The Hall–Kier alpha value is -2.82. The van der Waals surface area contributed by atoms with Gasteiger partial charge in [0.15, 0.2) is 0 Å². The van der Waals surface area contributed by atoms with E-state index in [4.69, 9.17) is 5.26 Å². The molecule has 2 heterocycles. The molecular formula is C21H19N3O2S2. The number of anilines is 2. The van der Waals surface area contributed by atoms with Crippen LogP contribution in [0, 0.1) is 11.3 Å². The van der Waals surface area contributed by atoms with Gasteiger partial charge >= 0.3 is 0 Å². The average molecular weight is 410 g/mol. The van der Waals surface area contributed by atoms with Crippen molar-refractivity contribution >= 4 is 32.7 Å². The molecule has 5 nitrogen and oxygen atoms in total. The molecule has 28 heavy (non-hydrogen) atoms. The van der Waals surface area contributed by atoms with Crippen LogP contribution in [0.4, 0.5) is 11.4 Å². The Kier molecular flexibility index (Phi) is 5.07. The lowest BCUT2D eigenvalue weighted by molar-refractivity contribution is 0.600. The first-order valence-electron chi connectivity index (χ1n) is 8.92. The second kappa shape index (κ2) is 7.66. The lowest BCUT2D eigenvalue weighted by atomic mass is 10.1. The maximum Gasteiger partial charge on any atom is 0.236 e. The molecule has 2 aromatic carbocycles. The van der Waals surface area contributed by atoms with Gasteiger partial charge in [0.2, 0.25) is 10.0 Å². The normalized spacial score (nSPS) is 13.6. The van der Waals surface area contributed by atoms with Crippen molar-refractivity contribution in [3.63, 3.8) is 0 Å². The van der Waals surface area contributed by atoms with Crippen LogP contribution < -0.4 is 9.62 Å². The molecule has 0 saturated heterocycles. The highest BCUT2D eigenvalue weighted by atomic mass is 32.2. The van der Waals surface area contributed by atoms with Gasteiger partial charge < -0.3 is 4.90 Å². The van der Waals surface area contributed by atoms with Gasteiger partial charge in [0.1, 0.15) is 0 Å². The molecule has 1 N–H and O–H groups in total. The molecule has 0 aliphatic carbocycles. The van der Waals surface area contributed by atoms with E-state index >= 15 is 0 Å². The predicted molar refractivity (Wildman–Crippen MR) is 113 cm³/mol. The van der Waals surface area contributed by atoms with Gasteiger partial charge in [-0.3, -0.25) is 4.72 Å². The van der Waals surface area contributed by atoms with Crippen LogP contribution in [0.1, 0.15) is 21.6 Å². The SMILES string of the molecule is N#Cc1cccc(CS(=O)(=O)Nc2ccc(N3CCc4sccc4C3)cc2)c1. The van der Waals surface area contributed by atoms with E-state index in [1.807, 2.05) is 29.5 Å². The summed E-state index contributed by atoms with van der Waals surface area (Å²) in [6.45, 7) is 1.85. The molecule has 0 unspecified atom stereocenters. The molecule has 0 saturated carbocycles. The molecular weight excluding hydrogens is 390 g/mol. The molecule has 1 aromatic heterocycles. The number of sulfonamides is 1. The second-order valence-electron chi connectivity index (χ2n) is 6.76. The number of nitriles is 1. The van der Waals surface area contributed by atoms with Crippen molar-refractivity contribution in [1.82, 2.24) is 0 Å². The Morgan fingerprint density at radius 1 is 1.14 bits per heavy atom. The van der Waals surface area contributed by atoms with Gasteiger partial charge in [-0.05, 0) is 65.4 Å². The summed E-state index contributed by atoms with van der Waals surface area (Å²) in [6, 6.07) is 18.3. The summed E-state index contributed by atoms with van der Waals surface area (Å²) >= 11 is 1.81. The first kappa shape index (κ1) is 18.5. The van der Waals surface area contributed by atoms with Crippen LogP contribution in [-0.4, -0.2) is 15.0 Å². The summed E-state index contributed by atoms with van der Waals surface area (Å²) in [4.78, 5) is 3.77. The van der Waals surface area contributed by atoms with E-state index in [0.29, 0.717) is 16.8 Å². The number of fused-ring (bicyclic) bond motifs is 1. The van der Waals surface area contributed by atoms with E-state index in [-0.39, 0.29) is 5.75 Å². The van der Waals surface area contributed by atoms with Crippen molar-refractivity contribution in [1.29, 1.82) is 5.26 Å². The van der Waals surface area contributed by atoms with Gasteiger partial charge in [-0.25, -0.2) is 8.42 Å². The Morgan fingerprint density at radius 3 is 2.75 bits per heavy atom. The monoisotopic (exact) mass is 409 g/mol. The predicted octanol–water partition coefficient (Wildman–Crippen LogP) is 4.12. The maximum absolute atomic E-state index is 12.5. The fourth-order valence-corrected chi connectivity index (χ4v) is 5.45. The van der Waals surface area contributed by atoms with E-state index in [1.54, 1.807) is 36.4 Å². The Morgan fingerprint density at radius 2 is 1.96 bits per heavy atom. The second-order valence-corrected chi connectivity index (χ2v) is 9.48. The largest absolute Gasteiger partial charge is 0.367 e. The number of thiophene rings is 1. The van der Waals surface area contributed by atoms with Gasteiger partial charge in [0.25, 0.3) is 0 Å². The van der Waals surface area contributed by atoms with Crippen LogP contribution in [0.15, 0.2) is 60.0 Å². The van der Waals surface area contributed by atoms with Gasteiger partial charge in [-0.1, -0.05) is 12.1 Å². The van der Waals surface area contributed by atoms with Gasteiger partial charge in [0.05, 0.1) is 17.4 Å². The molecule has 0 radical (unpaired) electrons. The van der Waals surface area contributed by atoms with Crippen LogP contribution in [0.25, 0.3) is 0 Å². The average Bonchev–Trinajstić information content (AvgIpc) is 3.16. The standard InChI is InChI=1S/C21H19N3O2S2/c22-13-16-2-1-3-17(12-16)15-28(25,26)23-19-4-6-20(7-5-19)24-10-8-21-18(14-24)9-11-27-21/h1-7,9,11-12,23H,8,10,14-15H2. The Bertz CT molecular complexity index is 1130. The number of hydrogen-bond donors (Lipinski definition) is 1. The smallest absolute Gasteiger partial charge is 0.236 e. The summed E-state index contributed by atoms with van der Waals surface area (Å²) < 4.78 is 27.5. The minimum atomic E-state index is -3.55. The minimum Gasteiger partial charge on any atom is -0.367 e. The zero-order chi connectivity index (χ0) is 19.6. The molecule has 0 spiro atoms. The minimum absolute atomic E-state index is 0.169. The van der Waals surface area contributed by atoms with Gasteiger partial charge in [-0.2, -0.15) is 5.26 Å². The van der Waals surface area contributed by atoms with Gasteiger partial charge in [-0.15, -0.1) is 11.3 Å². The van der Waals surface area contributed by atoms with Crippen LogP contribution >= 0.6 is 11.3 Å². The zero-order valence-corrected chi connectivity index (χ0v) is 16.8. The molecule has 0 fully saturated rings. The summed E-state index contributed by atoms with van der Waals surface area (Å²) in [5.74, 6) is -0.169. The van der Waals surface area contributed by atoms with Crippen molar-refractivity contribution in [3.8, 4) is 6.07 Å². The highest BCUT2D eigenvalue weighted by Crippen LogP contribution is 2.28. The first-order chi connectivity index (χ1) is 13.5. The van der Waals surface area contributed by atoms with E-state index in [0.717, 1.165) is 25.2 Å². The zero-order valence-electron chi connectivity index (χ0n) is 15.1. The molecule has 4 rings (SSSR count). The number of nitrogens with zero attached hydrogens (tertiary/aromatic N) is 2. The summed E-state index contributed by atoms with van der Waals surface area (Å²) in [5.41, 5.74) is 4.03. The van der Waals surface area contributed by atoms with Crippen molar-refractivity contribution in [2.75, 3.05) is 16.2 Å². The molecule has 0 atom stereocenters. The molecule has 0 bridgehead atoms. The highest BCUT2D eigenvalue weighted by molar-refractivity contribution is 7.91. The molecule has 0 amide bonds. The number of benzene rings is 2. The van der Waals surface area contributed by atoms with Crippen molar-refractivity contribution in [2.45, 2.75) is 18.7 Å². The molecule has 142 valence electrons. The number of nitrogens with one attached hydrogen (secondary N) is 1. The molecule has 7 heteroatoms. The number of hydrogen-bond acceptors (Lipinski definition) is 5. The lowest BCUT2D eigenvalue weighted by Crippen LogP contribution is -2.29. The number of rotatable bonds is 5. The summed E-state index contributed by atoms with van der Waals surface area (Å²) in [6.07, 6.45) is 1.04. The fourth-order valence-electron chi connectivity index (χ4n) is 3.37. The van der Waals surface area contributed by atoms with Crippen LogP contribution in [0.2, 0.25) is 0 Å². The van der Waals surface area contributed by atoms with E-state index in [2.05, 4.69) is 21.1 Å². The Labute approximate surface area is 168 Å². The summed E-state index contributed by atoms with van der Waals surface area (Å²) in [5, 5.41) is 11.1. The Balaban J connectivity index is 1.43. The quantitative estimate of drug-likeness (QED) is 0.688. The van der Waals surface area contributed by atoms with Crippen molar-refractivity contribution in [2.24, 2.45) is 0 Å². The third kappa shape index (κ3) is 4.19. The fraction of sp³-hybridized carbons (Fsp3) is 0.190. The van der Waals surface area contributed by atoms with E-state index in [1.165, 1.54) is 10.4 Å². The third-order valence-corrected chi connectivity index (χ3v) is 7.01. The summed E-state index contributed by atoms with van der Waals surface area (Å²) in [7, 11) is -3.55.